The van der Waals surface area contributed by atoms with Gasteiger partial charge in [0.1, 0.15) is 0 Å². The van der Waals surface area contributed by atoms with E-state index in [1.807, 2.05) is 0 Å². The Balaban J connectivity index is 1.95. The van der Waals surface area contributed by atoms with Crippen molar-refractivity contribution in [3.05, 3.63) is 24.0 Å². The minimum absolute atomic E-state index is 0.0754. The van der Waals surface area contributed by atoms with Crippen LogP contribution in [0.4, 0.5) is 0 Å². The predicted molar refractivity (Wildman–Crippen MR) is 50.8 cm³/mol. The highest BCUT2D eigenvalue weighted by Crippen LogP contribution is 2.00. The molecule has 5 heteroatoms. The Morgan fingerprint density at radius 1 is 1.57 bits per heavy atom. The van der Waals surface area contributed by atoms with Crippen molar-refractivity contribution in [3.8, 4) is 0 Å². The van der Waals surface area contributed by atoms with Crippen LogP contribution in [0.2, 0.25) is 0 Å². The van der Waals surface area contributed by atoms with Gasteiger partial charge in [0.15, 0.2) is 0 Å². The summed E-state index contributed by atoms with van der Waals surface area (Å²) in [7, 11) is 0. The number of aromatic nitrogens is 2. The zero-order valence-electron chi connectivity index (χ0n) is 7.73. The number of hydrogen-bond donors (Lipinski definition) is 2. The van der Waals surface area contributed by atoms with Crippen molar-refractivity contribution in [3.63, 3.8) is 0 Å². The van der Waals surface area contributed by atoms with Gasteiger partial charge in [-0.3, -0.25) is 4.79 Å². The highest BCUT2D eigenvalue weighted by atomic mass is 16.1. The lowest BCUT2D eigenvalue weighted by atomic mass is 10.2. The molecule has 1 aliphatic rings. The van der Waals surface area contributed by atoms with E-state index in [4.69, 9.17) is 0 Å². The van der Waals surface area contributed by atoms with Crippen molar-refractivity contribution in [2.75, 3.05) is 13.1 Å². The van der Waals surface area contributed by atoms with Crippen LogP contribution >= 0.6 is 0 Å². The number of carbonyl (C=O) groups is 1. The van der Waals surface area contributed by atoms with E-state index < -0.39 is 0 Å². The van der Waals surface area contributed by atoms with E-state index in [1.165, 1.54) is 12.4 Å². The second-order valence-electron chi connectivity index (χ2n) is 3.29. The molecule has 0 radical (unpaired) electrons. The number of rotatable bonds is 2. The van der Waals surface area contributed by atoms with E-state index >= 15 is 0 Å². The molecule has 74 valence electrons. The Hall–Kier alpha value is -1.49. The second-order valence-corrected chi connectivity index (χ2v) is 3.29. The van der Waals surface area contributed by atoms with E-state index in [0.717, 1.165) is 19.5 Å². The molecule has 1 saturated heterocycles. The van der Waals surface area contributed by atoms with Gasteiger partial charge in [-0.15, -0.1) is 0 Å². The number of nitrogens with one attached hydrogen (secondary N) is 2. The van der Waals surface area contributed by atoms with Crippen LogP contribution in [0.15, 0.2) is 18.5 Å². The third-order valence-corrected chi connectivity index (χ3v) is 2.24. The average molecular weight is 192 g/mol. The third-order valence-electron chi connectivity index (χ3n) is 2.24. The molecular weight excluding hydrogens is 180 g/mol. The first-order chi connectivity index (χ1) is 6.86. The maximum absolute atomic E-state index is 11.6. The van der Waals surface area contributed by atoms with Crippen molar-refractivity contribution in [1.82, 2.24) is 20.8 Å². The van der Waals surface area contributed by atoms with Crippen LogP contribution in [0.3, 0.4) is 0 Å². The van der Waals surface area contributed by atoms with E-state index in [2.05, 4.69) is 20.8 Å². The molecule has 0 aromatic carbocycles. The smallest absolute Gasteiger partial charge is 0.253 e. The van der Waals surface area contributed by atoms with Crippen molar-refractivity contribution in [2.45, 2.75) is 12.5 Å². The minimum atomic E-state index is -0.0754. The van der Waals surface area contributed by atoms with Crippen LogP contribution < -0.4 is 10.6 Å². The molecule has 0 spiro atoms. The van der Waals surface area contributed by atoms with E-state index in [9.17, 15) is 4.79 Å². The fourth-order valence-corrected chi connectivity index (χ4v) is 1.47. The lowest BCUT2D eigenvalue weighted by molar-refractivity contribution is 0.0939. The number of nitrogens with zero attached hydrogens (tertiary/aromatic N) is 2. The molecule has 1 atom stereocenters. The molecule has 0 unspecified atom stereocenters. The molecule has 1 fully saturated rings. The van der Waals surface area contributed by atoms with E-state index in [0.29, 0.717) is 5.56 Å². The summed E-state index contributed by atoms with van der Waals surface area (Å²) in [4.78, 5) is 11.6. The van der Waals surface area contributed by atoms with Crippen molar-refractivity contribution in [2.24, 2.45) is 0 Å². The van der Waals surface area contributed by atoms with Crippen LogP contribution in [-0.4, -0.2) is 35.2 Å². The van der Waals surface area contributed by atoms with Gasteiger partial charge in [-0.1, -0.05) is 0 Å². The maximum Gasteiger partial charge on any atom is 0.253 e. The first kappa shape index (κ1) is 9.08. The standard InChI is InChI=1S/C9H12N4O/c14-9(7-1-4-11-12-5-7)13-8-2-3-10-6-8/h1,4-5,8,10H,2-3,6H2,(H,13,14)/t8-/m1/s1. The second kappa shape index (κ2) is 4.15. The van der Waals surface area contributed by atoms with Gasteiger partial charge < -0.3 is 10.6 Å². The first-order valence-electron chi connectivity index (χ1n) is 4.64. The van der Waals surface area contributed by atoms with Crippen LogP contribution in [-0.2, 0) is 0 Å². The van der Waals surface area contributed by atoms with Gasteiger partial charge in [-0.25, -0.2) is 0 Å². The zero-order valence-corrected chi connectivity index (χ0v) is 7.73. The van der Waals surface area contributed by atoms with Gasteiger partial charge in [-0.2, -0.15) is 10.2 Å². The summed E-state index contributed by atoms with van der Waals surface area (Å²) in [6.45, 7) is 1.82. The molecule has 1 aromatic heterocycles. The quantitative estimate of drug-likeness (QED) is 0.667. The third kappa shape index (κ3) is 2.05. The maximum atomic E-state index is 11.6. The molecule has 0 aliphatic carbocycles. The van der Waals surface area contributed by atoms with Gasteiger partial charge in [0.25, 0.3) is 5.91 Å². The highest BCUT2D eigenvalue weighted by molar-refractivity contribution is 5.93. The molecule has 5 nitrogen and oxygen atoms in total. The molecular formula is C9H12N4O. The fourth-order valence-electron chi connectivity index (χ4n) is 1.47. The summed E-state index contributed by atoms with van der Waals surface area (Å²) in [5, 5.41) is 13.4. The lowest BCUT2D eigenvalue weighted by Gasteiger charge is -2.10. The molecule has 0 saturated carbocycles. The van der Waals surface area contributed by atoms with Crippen molar-refractivity contribution < 1.29 is 4.79 Å². The molecule has 1 aromatic rings. The monoisotopic (exact) mass is 192 g/mol. The Kier molecular flexibility index (Phi) is 2.69. The Labute approximate surface area is 81.9 Å². The van der Waals surface area contributed by atoms with Gasteiger partial charge in [0.2, 0.25) is 0 Å². The van der Waals surface area contributed by atoms with Gasteiger partial charge in [-0.05, 0) is 19.0 Å². The van der Waals surface area contributed by atoms with Crippen LogP contribution in [0.1, 0.15) is 16.8 Å². The Morgan fingerprint density at radius 2 is 2.50 bits per heavy atom. The van der Waals surface area contributed by atoms with Crippen molar-refractivity contribution >= 4 is 5.91 Å². The van der Waals surface area contributed by atoms with Crippen LogP contribution in [0, 0.1) is 0 Å². The predicted octanol–water partition coefficient (Wildman–Crippen LogP) is -0.432. The number of hydrogen-bond acceptors (Lipinski definition) is 4. The van der Waals surface area contributed by atoms with Crippen LogP contribution in [0.5, 0.6) is 0 Å². The summed E-state index contributed by atoms with van der Waals surface area (Å²) in [5.41, 5.74) is 0.562. The molecule has 14 heavy (non-hydrogen) atoms. The molecule has 2 rings (SSSR count). The fraction of sp³-hybridized carbons (Fsp3) is 0.444. The van der Waals surface area contributed by atoms with E-state index in [-0.39, 0.29) is 11.9 Å². The molecule has 1 aliphatic heterocycles. The summed E-state index contributed by atoms with van der Waals surface area (Å²) in [6.07, 6.45) is 3.98. The molecule has 0 bridgehead atoms. The van der Waals surface area contributed by atoms with Gasteiger partial charge in [0, 0.05) is 12.6 Å². The first-order valence-corrected chi connectivity index (χ1v) is 4.64. The van der Waals surface area contributed by atoms with Crippen molar-refractivity contribution in [1.29, 1.82) is 0 Å². The summed E-state index contributed by atoms with van der Waals surface area (Å²) < 4.78 is 0. The average Bonchev–Trinajstić information content (AvgIpc) is 2.72. The van der Waals surface area contributed by atoms with Gasteiger partial charge >= 0.3 is 0 Å². The topological polar surface area (TPSA) is 66.9 Å². The normalized spacial score (nSPS) is 20.7. The summed E-state index contributed by atoms with van der Waals surface area (Å²) >= 11 is 0. The summed E-state index contributed by atoms with van der Waals surface area (Å²) in [5.74, 6) is -0.0754. The number of carbonyl (C=O) groups excluding carboxylic acids is 1. The lowest BCUT2D eigenvalue weighted by Crippen LogP contribution is -2.36. The Morgan fingerprint density at radius 3 is 3.14 bits per heavy atom. The molecule has 2 heterocycles. The highest BCUT2D eigenvalue weighted by Gasteiger charge is 2.17. The SMILES string of the molecule is O=C(N[C@@H]1CCNC1)c1ccnnc1. The Bertz CT molecular complexity index is 308. The summed E-state index contributed by atoms with van der Waals surface area (Å²) in [6, 6.07) is 1.90. The minimum Gasteiger partial charge on any atom is -0.348 e. The van der Waals surface area contributed by atoms with Crippen LogP contribution in [0.25, 0.3) is 0 Å². The number of amides is 1. The zero-order chi connectivity index (χ0) is 9.80. The molecule has 1 amide bonds. The largest absolute Gasteiger partial charge is 0.348 e. The molecule has 2 N–H and O–H groups in total. The van der Waals surface area contributed by atoms with Gasteiger partial charge in [0.05, 0.1) is 18.0 Å². The van der Waals surface area contributed by atoms with E-state index in [1.54, 1.807) is 6.07 Å².